The van der Waals surface area contributed by atoms with E-state index in [4.69, 9.17) is 0 Å². The van der Waals surface area contributed by atoms with Crippen LogP contribution >= 0.6 is 0 Å². The van der Waals surface area contributed by atoms with Crippen molar-refractivity contribution in [2.24, 2.45) is 0 Å². The van der Waals surface area contributed by atoms with Gasteiger partial charge in [0.05, 0.1) is 30.7 Å². The highest BCUT2D eigenvalue weighted by molar-refractivity contribution is 5.72. The van der Waals surface area contributed by atoms with Crippen molar-refractivity contribution in [1.82, 2.24) is 9.78 Å². The molecule has 0 radical (unpaired) electrons. The molecule has 0 saturated carbocycles. The minimum absolute atomic E-state index is 0.0588. The maximum absolute atomic E-state index is 11.4. The quantitative estimate of drug-likeness (QED) is 0.480. The zero-order valence-electron chi connectivity index (χ0n) is 12.7. The molecule has 1 aromatic carbocycles. The Morgan fingerprint density at radius 2 is 1.95 bits per heavy atom. The van der Waals surface area contributed by atoms with Crippen molar-refractivity contribution >= 4 is 11.7 Å². The van der Waals surface area contributed by atoms with E-state index in [9.17, 15) is 14.9 Å². The molecule has 0 bridgehead atoms. The lowest BCUT2D eigenvalue weighted by Gasteiger charge is -2.04. The van der Waals surface area contributed by atoms with Crippen LogP contribution in [-0.4, -0.2) is 27.8 Å². The van der Waals surface area contributed by atoms with Crippen LogP contribution in [0.4, 0.5) is 5.69 Å². The third kappa shape index (κ3) is 3.30. The number of esters is 1. The number of aromatic nitrogens is 2. The summed E-state index contributed by atoms with van der Waals surface area (Å²) in [4.78, 5) is 21.6. The zero-order chi connectivity index (χ0) is 16.3. The van der Waals surface area contributed by atoms with E-state index in [1.165, 1.54) is 19.2 Å². The monoisotopic (exact) mass is 303 g/mol. The summed E-state index contributed by atoms with van der Waals surface area (Å²) in [5.41, 5.74) is 3.56. The number of hydrogen-bond acceptors (Lipinski definition) is 5. The highest BCUT2D eigenvalue weighted by Crippen LogP contribution is 2.17. The van der Waals surface area contributed by atoms with Gasteiger partial charge in [0.1, 0.15) is 0 Å². The number of non-ortho nitro benzene ring substituents is 1. The van der Waals surface area contributed by atoms with Crippen molar-refractivity contribution in [2.75, 3.05) is 7.11 Å². The fraction of sp³-hybridized carbons (Fsp3) is 0.333. The standard InChI is InChI=1S/C15H17N3O4/c1-10-11(2)17(16-14(10)8-15(19)22-3)9-12-4-6-13(7-5-12)18(20)21/h4-7H,8-9H2,1-3H3. The molecule has 116 valence electrons. The lowest BCUT2D eigenvalue weighted by molar-refractivity contribution is -0.384. The fourth-order valence-electron chi connectivity index (χ4n) is 2.12. The van der Waals surface area contributed by atoms with Gasteiger partial charge in [0.25, 0.3) is 5.69 Å². The molecule has 7 nitrogen and oxygen atoms in total. The summed E-state index contributed by atoms with van der Waals surface area (Å²) in [5, 5.41) is 15.1. The first-order valence-corrected chi connectivity index (χ1v) is 6.75. The first-order chi connectivity index (χ1) is 10.4. The van der Waals surface area contributed by atoms with Crippen LogP contribution < -0.4 is 0 Å². The van der Waals surface area contributed by atoms with E-state index in [-0.39, 0.29) is 18.1 Å². The van der Waals surface area contributed by atoms with Crippen molar-refractivity contribution in [3.05, 3.63) is 56.9 Å². The molecule has 1 aromatic heterocycles. The van der Waals surface area contributed by atoms with Gasteiger partial charge in [-0.3, -0.25) is 19.6 Å². The fourth-order valence-corrected chi connectivity index (χ4v) is 2.12. The van der Waals surface area contributed by atoms with Gasteiger partial charge in [0.15, 0.2) is 0 Å². The van der Waals surface area contributed by atoms with Crippen molar-refractivity contribution in [2.45, 2.75) is 26.8 Å². The molecule has 2 rings (SSSR count). The first kappa shape index (κ1) is 15.7. The lowest BCUT2D eigenvalue weighted by Crippen LogP contribution is -2.07. The normalized spacial score (nSPS) is 10.5. The predicted octanol–water partition coefficient (Wildman–Crippen LogP) is 2.17. The molecule has 7 heteroatoms. The van der Waals surface area contributed by atoms with Gasteiger partial charge in [0.2, 0.25) is 0 Å². The number of nitro benzene ring substituents is 1. The highest BCUT2D eigenvalue weighted by atomic mass is 16.6. The van der Waals surface area contributed by atoms with Gasteiger partial charge in [-0.25, -0.2) is 0 Å². The van der Waals surface area contributed by atoms with Crippen molar-refractivity contribution in [1.29, 1.82) is 0 Å². The van der Waals surface area contributed by atoms with Gasteiger partial charge in [-0.05, 0) is 25.0 Å². The van der Waals surface area contributed by atoms with E-state index in [2.05, 4.69) is 9.84 Å². The number of methoxy groups -OCH3 is 1. The molecule has 0 atom stereocenters. The Hall–Kier alpha value is -2.70. The van der Waals surface area contributed by atoms with E-state index >= 15 is 0 Å². The minimum Gasteiger partial charge on any atom is -0.469 e. The van der Waals surface area contributed by atoms with E-state index < -0.39 is 4.92 Å². The number of nitro groups is 1. The molecule has 0 aliphatic carbocycles. The predicted molar refractivity (Wildman–Crippen MR) is 79.6 cm³/mol. The average molecular weight is 303 g/mol. The van der Waals surface area contributed by atoms with Crippen LogP contribution in [-0.2, 0) is 22.5 Å². The Balaban J connectivity index is 2.20. The molecule has 0 aliphatic rings. The molecule has 2 aromatic rings. The molecule has 0 unspecified atom stereocenters. The molecule has 0 saturated heterocycles. The molecule has 0 spiro atoms. The summed E-state index contributed by atoms with van der Waals surface area (Å²) < 4.78 is 6.45. The Kier molecular flexibility index (Phi) is 4.55. The Morgan fingerprint density at radius 1 is 1.32 bits per heavy atom. The second kappa shape index (κ2) is 6.38. The number of nitrogens with zero attached hydrogens (tertiary/aromatic N) is 3. The second-order valence-corrected chi connectivity index (χ2v) is 4.99. The van der Waals surface area contributed by atoms with Crippen LogP contribution in [0, 0.1) is 24.0 Å². The van der Waals surface area contributed by atoms with Crippen molar-refractivity contribution in [3.8, 4) is 0 Å². The van der Waals surface area contributed by atoms with Crippen molar-refractivity contribution < 1.29 is 14.5 Å². The van der Waals surface area contributed by atoms with Gasteiger partial charge in [0, 0.05) is 17.8 Å². The number of carbonyl (C=O) groups is 1. The Labute approximate surface area is 127 Å². The first-order valence-electron chi connectivity index (χ1n) is 6.75. The van der Waals surface area contributed by atoms with Crippen LogP contribution in [0.5, 0.6) is 0 Å². The minimum atomic E-state index is -0.429. The van der Waals surface area contributed by atoms with Gasteiger partial charge < -0.3 is 4.74 Å². The third-order valence-electron chi connectivity index (χ3n) is 3.62. The van der Waals surface area contributed by atoms with E-state index in [0.717, 1.165) is 16.8 Å². The number of rotatable bonds is 5. The summed E-state index contributed by atoms with van der Waals surface area (Å²) in [6.45, 7) is 4.33. The van der Waals surface area contributed by atoms with Crippen LogP contribution in [0.1, 0.15) is 22.5 Å². The molecule has 0 fully saturated rings. The molecular weight excluding hydrogens is 286 g/mol. The van der Waals surface area contributed by atoms with E-state index in [0.29, 0.717) is 12.2 Å². The summed E-state index contributed by atoms with van der Waals surface area (Å²) in [7, 11) is 1.35. The smallest absolute Gasteiger partial charge is 0.311 e. The van der Waals surface area contributed by atoms with E-state index in [1.807, 2.05) is 13.8 Å². The molecule has 1 heterocycles. The van der Waals surface area contributed by atoms with E-state index in [1.54, 1.807) is 16.8 Å². The number of ether oxygens (including phenoxy) is 1. The molecule has 0 amide bonds. The molecular formula is C15H17N3O4. The SMILES string of the molecule is COC(=O)Cc1nn(Cc2ccc([N+](=O)[O-])cc2)c(C)c1C. The van der Waals surface area contributed by atoms with Gasteiger partial charge in [-0.2, -0.15) is 5.10 Å². The lowest BCUT2D eigenvalue weighted by atomic mass is 10.1. The molecule has 0 N–H and O–H groups in total. The van der Waals surface area contributed by atoms with Crippen LogP contribution in [0.25, 0.3) is 0 Å². The maximum Gasteiger partial charge on any atom is 0.311 e. The van der Waals surface area contributed by atoms with Crippen molar-refractivity contribution in [3.63, 3.8) is 0 Å². The van der Waals surface area contributed by atoms with Crippen LogP contribution in [0.3, 0.4) is 0 Å². The summed E-state index contributed by atoms with van der Waals surface area (Å²) in [6, 6.07) is 6.34. The Bertz CT molecular complexity index is 704. The largest absolute Gasteiger partial charge is 0.469 e. The molecule has 22 heavy (non-hydrogen) atoms. The second-order valence-electron chi connectivity index (χ2n) is 4.99. The highest BCUT2D eigenvalue weighted by Gasteiger charge is 2.15. The summed E-state index contributed by atoms with van der Waals surface area (Å²) in [5.74, 6) is -0.330. The van der Waals surface area contributed by atoms with Crippen LogP contribution in [0.2, 0.25) is 0 Å². The zero-order valence-corrected chi connectivity index (χ0v) is 12.7. The third-order valence-corrected chi connectivity index (χ3v) is 3.62. The number of benzene rings is 1. The molecule has 0 aliphatic heterocycles. The van der Waals surface area contributed by atoms with Gasteiger partial charge >= 0.3 is 5.97 Å². The average Bonchev–Trinajstić information content (AvgIpc) is 2.76. The summed E-state index contributed by atoms with van der Waals surface area (Å²) in [6.07, 6.45) is 0.135. The van der Waals surface area contributed by atoms with Gasteiger partial charge in [-0.1, -0.05) is 12.1 Å². The van der Waals surface area contributed by atoms with Gasteiger partial charge in [-0.15, -0.1) is 0 Å². The Morgan fingerprint density at radius 3 is 2.50 bits per heavy atom. The topological polar surface area (TPSA) is 87.3 Å². The number of hydrogen-bond donors (Lipinski definition) is 0. The maximum atomic E-state index is 11.4. The summed E-state index contributed by atoms with van der Waals surface area (Å²) >= 11 is 0. The number of carbonyl (C=O) groups excluding carboxylic acids is 1. The van der Waals surface area contributed by atoms with Crippen LogP contribution in [0.15, 0.2) is 24.3 Å².